The smallest absolute Gasteiger partial charge is 0.253 e. The summed E-state index contributed by atoms with van der Waals surface area (Å²) >= 11 is 0. The Balaban J connectivity index is 1.43. The highest BCUT2D eigenvalue weighted by Crippen LogP contribution is 2.41. The Kier molecular flexibility index (Phi) is 5.55. The molecule has 2 atom stereocenters. The molecule has 1 aliphatic carbocycles. The molecule has 3 fully saturated rings. The molecule has 142 valence electrons. The van der Waals surface area contributed by atoms with Crippen molar-refractivity contribution in [1.82, 2.24) is 9.88 Å². The third kappa shape index (κ3) is 3.79. The van der Waals surface area contributed by atoms with E-state index in [9.17, 15) is 4.79 Å². The maximum Gasteiger partial charge on any atom is 0.253 e. The van der Waals surface area contributed by atoms with Crippen molar-refractivity contribution >= 4 is 5.91 Å². The number of fused-ring (bicyclic) bond motifs is 1. The minimum Gasteiger partial charge on any atom is -0.380 e. The number of aromatic nitrogens is 1. The van der Waals surface area contributed by atoms with Crippen molar-refractivity contribution in [1.29, 1.82) is 0 Å². The Morgan fingerprint density at radius 1 is 1.23 bits per heavy atom. The van der Waals surface area contributed by atoms with Gasteiger partial charge in [0.25, 0.3) is 5.91 Å². The molecule has 5 heteroatoms. The van der Waals surface area contributed by atoms with Crippen molar-refractivity contribution < 1.29 is 14.3 Å². The lowest BCUT2D eigenvalue weighted by Crippen LogP contribution is -2.58. The number of rotatable bonds is 5. The molecule has 2 unspecified atom stereocenters. The zero-order valence-corrected chi connectivity index (χ0v) is 15.6. The summed E-state index contributed by atoms with van der Waals surface area (Å²) in [5.41, 5.74) is 0.676. The number of ether oxygens (including phenoxy) is 2. The topological polar surface area (TPSA) is 51.7 Å². The van der Waals surface area contributed by atoms with Crippen molar-refractivity contribution in [3.63, 3.8) is 0 Å². The van der Waals surface area contributed by atoms with Crippen LogP contribution in [0.25, 0.3) is 0 Å². The van der Waals surface area contributed by atoms with Crippen molar-refractivity contribution in [2.75, 3.05) is 32.9 Å². The fourth-order valence-electron chi connectivity index (χ4n) is 4.96. The van der Waals surface area contributed by atoms with E-state index in [1.54, 1.807) is 24.5 Å². The van der Waals surface area contributed by atoms with E-state index in [0.717, 1.165) is 57.0 Å². The largest absolute Gasteiger partial charge is 0.380 e. The molecule has 3 aliphatic rings. The summed E-state index contributed by atoms with van der Waals surface area (Å²) in [6, 6.07) is 3.60. The van der Waals surface area contributed by atoms with Gasteiger partial charge in [-0.3, -0.25) is 9.78 Å². The SMILES string of the molecule is O=C(c1ccncc1)N1CCC2OCCCC2(COCC2CCCC2)C1. The van der Waals surface area contributed by atoms with Crippen LogP contribution in [0, 0.1) is 11.3 Å². The first-order valence-electron chi connectivity index (χ1n) is 10.2. The molecule has 0 bridgehead atoms. The van der Waals surface area contributed by atoms with Crippen LogP contribution in [-0.2, 0) is 9.47 Å². The molecule has 1 aromatic heterocycles. The molecule has 0 aromatic carbocycles. The molecule has 1 saturated carbocycles. The van der Waals surface area contributed by atoms with Gasteiger partial charge in [0, 0.05) is 49.7 Å². The predicted molar refractivity (Wildman–Crippen MR) is 98.9 cm³/mol. The molecule has 2 aliphatic heterocycles. The quantitative estimate of drug-likeness (QED) is 0.810. The Morgan fingerprint density at radius 3 is 2.85 bits per heavy atom. The summed E-state index contributed by atoms with van der Waals surface area (Å²) in [6.45, 7) is 3.92. The van der Waals surface area contributed by atoms with E-state index in [2.05, 4.69) is 4.98 Å². The lowest BCUT2D eigenvalue weighted by Gasteiger charge is -2.50. The Bertz CT molecular complexity index is 603. The van der Waals surface area contributed by atoms with Gasteiger partial charge in [-0.15, -0.1) is 0 Å². The fraction of sp³-hybridized carbons (Fsp3) is 0.714. The van der Waals surface area contributed by atoms with Crippen LogP contribution in [0.3, 0.4) is 0 Å². The molecule has 1 amide bonds. The number of likely N-dealkylation sites (tertiary alicyclic amines) is 1. The van der Waals surface area contributed by atoms with Gasteiger partial charge in [0.05, 0.1) is 12.7 Å². The highest BCUT2D eigenvalue weighted by Gasteiger charge is 2.47. The molecule has 0 spiro atoms. The number of nitrogens with zero attached hydrogens (tertiary/aromatic N) is 2. The van der Waals surface area contributed by atoms with Crippen molar-refractivity contribution in [3.05, 3.63) is 30.1 Å². The van der Waals surface area contributed by atoms with Gasteiger partial charge >= 0.3 is 0 Å². The standard InChI is InChI=1S/C21H30N2O3/c24-20(18-6-10-22-11-7-18)23-12-8-19-21(15-23,9-3-13-26-19)16-25-14-17-4-1-2-5-17/h6-7,10-11,17,19H,1-5,8-9,12-16H2. The van der Waals surface area contributed by atoms with Crippen molar-refractivity contribution in [2.45, 2.75) is 51.0 Å². The molecule has 26 heavy (non-hydrogen) atoms. The average Bonchev–Trinajstić information content (AvgIpc) is 3.21. The van der Waals surface area contributed by atoms with Crippen molar-refractivity contribution in [2.24, 2.45) is 11.3 Å². The van der Waals surface area contributed by atoms with E-state index in [-0.39, 0.29) is 17.4 Å². The Labute approximate surface area is 156 Å². The fourth-order valence-corrected chi connectivity index (χ4v) is 4.96. The van der Waals surface area contributed by atoms with E-state index >= 15 is 0 Å². The van der Waals surface area contributed by atoms with Gasteiger partial charge in [-0.2, -0.15) is 0 Å². The monoisotopic (exact) mass is 358 g/mol. The third-order valence-corrected chi connectivity index (χ3v) is 6.42. The maximum atomic E-state index is 12.9. The van der Waals surface area contributed by atoms with Crippen LogP contribution in [0.2, 0.25) is 0 Å². The molecule has 2 saturated heterocycles. The predicted octanol–water partition coefficient (Wildman–Crippen LogP) is 3.30. The van der Waals surface area contributed by atoms with E-state index in [0.29, 0.717) is 6.61 Å². The molecular weight excluding hydrogens is 328 g/mol. The highest BCUT2D eigenvalue weighted by atomic mass is 16.5. The normalized spacial score (nSPS) is 29.5. The zero-order valence-electron chi connectivity index (χ0n) is 15.6. The summed E-state index contributed by atoms with van der Waals surface area (Å²) in [7, 11) is 0. The second-order valence-electron chi connectivity index (χ2n) is 8.24. The van der Waals surface area contributed by atoms with E-state index < -0.39 is 0 Å². The zero-order chi connectivity index (χ0) is 17.8. The molecular formula is C21H30N2O3. The molecule has 3 heterocycles. The molecule has 4 rings (SSSR count). The number of piperidine rings is 1. The number of amides is 1. The number of carbonyl (C=O) groups excluding carboxylic acids is 1. The van der Waals surface area contributed by atoms with Gasteiger partial charge < -0.3 is 14.4 Å². The van der Waals surface area contributed by atoms with Crippen molar-refractivity contribution in [3.8, 4) is 0 Å². The first-order valence-corrected chi connectivity index (χ1v) is 10.2. The Hall–Kier alpha value is -1.46. The highest BCUT2D eigenvalue weighted by molar-refractivity contribution is 5.94. The molecule has 1 aromatic rings. The lowest BCUT2D eigenvalue weighted by atomic mass is 9.73. The van der Waals surface area contributed by atoms with Crippen LogP contribution in [0.15, 0.2) is 24.5 Å². The molecule has 5 nitrogen and oxygen atoms in total. The second-order valence-corrected chi connectivity index (χ2v) is 8.24. The third-order valence-electron chi connectivity index (χ3n) is 6.42. The minimum absolute atomic E-state index is 0.0439. The number of hydrogen-bond acceptors (Lipinski definition) is 4. The molecule has 0 N–H and O–H groups in total. The van der Waals surface area contributed by atoms with Crippen LogP contribution in [0.1, 0.15) is 55.3 Å². The first kappa shape index (κ1) is 17.9. The number of hydrogen-bond donors (Lipinski definition) is 0. The van der Waals surface area contributed by atoms with Gasteiger partial charge in [-0.1, -0.05) is 12.8 Å². The van der Waals surface area contributed by atoms with E-state index in [1.165, 1.54) is 25.7 Å². The van der Waals surface area contributed by atoms with E-state index in [4.69, 9.17) is 9.47 Å². The van der Waals surface area contributed by atoms with Gasteiger partial charge in [-0.05, 0) is 50.2 Å². The van der Waals surface area contributed by atoms with Crippen LogP contribution < -0.4 is 0 Å². The maximum absolute atomic E-state index is 12.9. The average molecular weight is 358 g/mol. The summed E-state index contributed by atoms with van der Waals surface area (Å²) in [6.07, 6.45) is 11.9. The van der Waals surface area contributed by atoms with Crippen LogP contribution in [0.5, 0.6) is 0 Å². The summed E-state index contributed by atoms with van der Waals surface area (Å²) in [5, 5.41) is 0. The Morgan fingerprint density at radius 2 is 2.04 bits per heavy atom. The minimum atomic E-state index is -0.0439. The van der Waals surface area contributed by atoms with Crippen LogP contribution in [0.4, 0.5) is 0 Å². The van der Waals surface area contributed by atoms with Crippen LogP contribution in [-0.4, -0.2) is 54.8 Å². The van der Waals surface area contributed by atoms with Crippen LogP contribution >= 0.6 is 0 Å². The summed E-state index contributed by atoms with van der Waals surface area (Å²) in [5.74, 6) is 0.832. The van der Waals surface area contributed by atoms with Gasteiger partial charge in [0.15, 0.2) is 0 Å². The number of pyridine rings is 1. The molecule has 0 radical (unpaired) electrons. The van der Waals surface area contributed by atoms with Gasteiger partial charge in [-0.25, -0.2) is 0 Å². The number of carbonyl (C=O) groups is 1. The van der Waals surface area contributed by atoms with E-state index in [1.807, 2.05) is 4.90 Å². The van der Waals surface area contributed by atoms with Gasteiger partial charge in [0.1, 0.15) is 0 Å². The second kappa shape index (κ2) is 8.05. The summed E-state index contributed by atoms with van der Waals surface area (Å²) in [4.78, 5) is 18.9. The lowest BCUT2D eigenvalue weighted by molar-refractivity contribution is -0.148. The summed E-state index contributed by atoms with van der Waals surface area (Å²) < 4.78 is 12.3. The van der Waals surface area contributed by atoms with Gasteiger partial charge in [0.2, 0.25) is 0 Å². The first-order chi connectivity index (χ1) is 12.8.